The Morgan fingerprint density at radius 2 is 2.06 bits per heavy atom. The third kappa shape index (κ3) is 3.30. The van der Waals surface area contributed by atoms with E-state index in [9.17, 15) is 9.00 Å². The van der Waals surface area contributed by atoms with E-state index in [0.717, 1.165) is 0 Å². The van der Waals surface area contributed by atoms with E-state index >= 15 is 0 Å². The third-order valence-corrected chi connectivity index (χ3v) is 3.83. The summed E-state index contributed by atoms with van der Waals surface area (Å²) in [6, 6.07) is 6.94. The van der Waals surface area contributed by atoms with Gasteiger partial charge in [0, 0.05) is 0 Å². The Balaban J connectivity index is 2.92. The summed E-state index contributed by atoms with van der Waals surface area (Å²) in [5, 5.41) is -0.703. The van der Waals surface area contributed by atoms with Gasteiger partial charge in [-0.25, -0.2) is 0 Å². The van der Waals surface area contributed by atoms with Crippen LogP contribution >= 0.6 is 0 Å². The van der Waals surface area contributed by atoms with Crippen molar-refractivity contribution in [3.8, 4) is 5.75 Å². The molecule has 0 saturated carbocycles. The molecule has 1 aromatic rings. The summed E-state index contributed by atoms with van der Waals surface area (Å²) in [7, 11) is 0.0343. The number of esters is 1. The number of ether oxygens (including phenoxy) is 2. The van der Waals surface area contributed by atoms with Crippen molar-refractivity contribution < 1.29 is 18.5 Å². The van der Waals surface area contributed by atoms with Crippen LogP contribution < -0.4 is 4.74 Å². The lowest BCUT2D eigenvalue weighted by Gasteiger charge is -2.12. The first-order chi connectivity index (χ1) is 8.11. The summed E-state index contributed by atoms with van der Waals surface area (Å²) < 4.78 is 22.1. The van der Waals surface area contributed by atoms with Crippen molar-refractivity contribution in [3.63, 3.8) is 0 Å². The third-order valence-electron chi connectivity index (χ3n) is 2.23. The minimum Gasteiger partial charge on any atom is -0.495 e. The summed E-state index contributed by atoms with van der Waals surface area (Å²) in [5.74, 6) is 0.0544. The van der Waals surface area contributed by atoms with Crippen molar-refractivity contribution >= 4 is 16.8 Å². The molecule has 4 nitrogen and oxygen atoms in total. The Morgan fingerprint density at radius 1 is 1.41 bits per heavy atom. The highest BCUT2D eigenvalue weighted by Gasteiger charge is 2.24. The molecular weight excluding hydrogens is 240 g/mol. The summed E-state index contributed by atoms with van der Waals surface area (Å²) >= 11 is 0. The first-order valence-electron chi connectivity index (χ1n) is 5.32. The first kappa shape index (κ1) is 13.7. The van der Waals surface area contributed by atoms with Crippen LogP contribution in [-0.2, 0) is 20.3 Å². The maximum atomic E-state index is 12.2. The smallest absolute Gasteiger partial charge is 0.321 e. The summed E-state index contributed by atoms with van der Waals surface area (Å²) in [6.07, 6.45) is 0. The fourth-order valence-corrected chi connectivity index (χ4v) is 2.51. The maximum absolute atomic E-state index is 12.2. The van der Waals surface area contributed by atoms with E-state index in [1.165, 1.54) is 7.11 Å². The van der Waals surface area contributed by atoms with E-state index in [1.54, 1.807) is 38.1 Å². The summed E-state index contributed by atoms with van der Waals surface area (Å²) in [4.78, 5) is 12.0. The van der Waals surface area contributed by atoms with Crippen LogP contribution in [0.2, 0.25) is 0 Å². The van der Waals surface area contributed by atoms with Gasteiger partial charge in [0.2, 0.25) is 0 Å². The molecule has 0 fully saturated rings. The van der Waals surface area contributed by atoms with E-state index in [1.807, 2.05) is 0 Å². The number of rotatable bonds is 5. The predicted octanol–water partition coefficient (Wildman–Crippen LogP) is 1.75. The van der Waals surface area contributed by atoms with Gasteiger partial charge in [-0.2, -0.15) is 0 Å². The number of hydrogen-bond donors (Lipinski definition) is 0. The minimum absolute atomic E-state index is 0.284. The molecule has 0 aromatic heterocycles. The predicted molar refractivity (Wildman–Crippen MR) is 65.5 cm³/mol. The Morgan fingerprint density at radius 3 is 2.65 bits per heavy atom. The second-order valence-electron chi connectivity index (χ2n) is 3.34. The maximum Gasteiger partial charge on any atom is 0.321 e. The van der Waals surface area contributed by atoms with E-state index in [0.29, 0.717) is 10.6 Å². The van der Waals surface area contributed by atoms with Crippen molar-refractivity contribution in [1.29, 1.82) is 0 Å². The topological polar surface area (TPSA) is 52.6 Å². The molecule has 94 valence electrons. The summed E-state index contributed by atoms with van der Waals surface area (Å²) in [5.41, 5.74) is 0. The number of carbonyl (C=O) groups is 1. The molecule has 0 aliphatic rings. The molecular formula is C12H16O4S. The van der Waals surface area contributed by atoms with Crippen molar-refractivity contribution in [2.75, 3.05) is 13.7 Å². The molecule has 0 radical (unpaired) electrons. The second-order valence-corrected chi connectivity index (χ2v) is 5.08. The van der Waals surface area contributed by atoms with Gasteiger partial charge in [0.1, 0.15) is 11.0 Å². The molecule has 0 saturated heterocycles. The number of methoxy groups -OCH3 is 1. The Hall–Kier alpha value is -1.36. The van der Waals surface area contributed by atoms with Crippen LogP contribution in [0, 0.1) is 0 Å². The summed E-state index contributed by atoms with van der Waals surface area (Å²) in [6.45, 7) is 3.59. The van der Waals surface area contributed by atoms with Gasteiger partial charge < -0.3 is 9.47 Å². The molecule has 0 N–H and O–H groups in total. The van der Waals surface area contributed by atoms with Gasteiger partial charge in [0.15, 0.2) is 0 Å². The van der Waals surface area contributed by atoms with Gasteiger partial charge in [-0.3, -0.25) is 9.00 Å². The molecule has 1 rings (SSSR count). The van der Waals surface area contributed by atoms with Gasteiger partial charge in [0.05, 0.1) is 29.4 Å². The molecule has 17 heavy (non-hydrogen) atoms. The average molecular weight is 256 g/mol. The average Bonchev–Trinajstić information content (AvgIpc) is 2.37. The van der Waals surface area contributed by atoms with Crippen LogP contribution in [0.15, 0.2) is 29.2 Å². The van der Waals surface area contributed by atoms with E-state index in [-0.39, 0.29) is 6.61 Å². The van der Waals surface area contributed by atoms with Crippen LogP contribution in [0.1, 0.15) is 13.8 Å². The fourth-order valence-electron chi connectivity index (χ4n) is 1.32. The van der Waals surface area contributed by atoms with Gasteiger partial charge in [0.25, 0.3) is 0 Å². The highest BCUT2D eigenvalue weighted by atomic mass is 32.2. The lowest BCUT2D eigenvalue weighted by molar-refractivity contribution is -0.142. The number of carbonyl (C=O) groups excluding carboxylic acids is 1. The van der Waals surface area contributed by atoms with E-state index in [2.05, 4.69) is 0 Å². The van der Waals surface area contributed by atoms with Crippen LogP contribution in [0.3, 0.4) is 0 Å². The van der Waals surface area contributed by atoms with Gasteiger partial charge in [-0.05, 0) is 26.0 Å². The highest BCUT2D eigenvalue weighted by molar-refractivity contribution is 7.86. The van der Waals surface area contributed by atoms with Crippen molar-refractivity contribution in [2.45, 2.75) is 24.0 Å². The standard InChI is InChI=1S/C12H16O4S/c1-4-16-12(13)9(2)17(14)11-8-6-5-7-10(11)15-3/h5-9H,4H2,1-3H3. The van der Waals surface area contributed by atoms with E-state index in [4.69, 9.17) is 9.47 Å². The largest absolute Gasteiger partial charge is 0.495 e. The van der Waals surface area contributed by atoms with Crippen molar-refractivity contribution in [3.05, 3.63) is 24.3 Å². The Bertz CT molecular complexity index is 417. The van der Waals surface area contributed by atoms with Gasteiger partial charge in [-0.1, -0.05) is 12.1 Å². The molecule has 2 unspecified atom stereocenters. The van der Waals surface area contributed by atoms with Gasteiger partial charge >= 0.3 is 5.97 Å². The van der Waals surface area contributed by atoms with Crippen LogP contribution in [0.4, 0.5) is 0 Å². The normalized spacial score (nSPS) is 13.8. The van der Waals surface area contributed by atoms with Gasteiger partial charge in [-0.15, -0.1) is 0 Å². The monoisotopic (exact) mass is 256 g/mol. The molecule has 0 bridgehead atoms. The zero-order valence-electron chi connectivity index (χ0n) is 10.1. The molecule has 0 aliphatic carbocycles. The first-order valence-corrected chi connectivity index (χ1v) is 6.53. The van der Waals surface area contributed by atoms with Crippen molar-refractivity contribution in [2.24, 2.45) is 0 Å². The molecule has 0 aliphatic heterocycles. The molecule has 0 spiro atoms. The molecule has 0 heterocycles. The van der Waals surface area contributed by atoms with Crippen molar-refractivity contribution in [1.82, 2.24) is 0 Å². The van der Waals surface area contributed by atoms with E-state index < -0.39 is 22.0 Å². The molecule has 2 atom stereocenters. The lowest BCUT2D eigenvalue weighted by Crippen LogP contribution is -2.25. The second kappa shape index (κ2) is 6.39. The Labute approximate surface area is 103 Å². The molecule has 0 amide bonds. The zero-order valence-corrected chi connectivity index (χ0v) is 11.0. The zero-order chi connectivity index (χ0) is 12.8. The lowest BCUT2D eigenvalue weighted by atomic mass is 10.3. The SMILES string of the molecule is CCOC(=O)C(C)S(=O)c1ccccc1OC. The Kier molecular flexibility index (Phi) is 5.15. The fraction of sp³-hybridized carbons (Fsp3) is 0.417. The van der Waals surface area contributed by atoms with Crippen LogP contribution in [0.5, 0.6) is 5.75 Å². The molecule has 5 heteroatoms. The number of hydrogen-bond acceptors (Lipinski definition) is 4. The quantitative estimate of drug-likeness (QED) is 0.753. The highest BCUT2D eigenvalue weighted by Crippen LogP contribution is 2.23. The number of benzene rings is 1. The van der Waals surface area contributed by atoms with Crippen LogP contribution in [-0.4, -0.2) is 29.1 Å². The molecule has 1 aromatic carbocycles. The van der Waals surface area contributed by atoms with Crippen LogP contribution in [0.25, 0.3) is 0 Å². The number of para-hydroxylation sites is 1. The minimum atomic E-state index is -1.47.